The van der Waals surface area contributed by atoms with Gasteiger partial charge >= 0.3 is 6.18 Å². The first-order valence-electron chi connectivity index (χ1n) is 14.3. The van der Waals surface area contributed by atoms with Crippen LogP contribution >= 0.6 is 0 Å². The van der Waals surface area contributed by atoms with Crippen molar-refractivity contribution in [1.82, 2.24) is 19.9 Å². The monoisotopic (exact) mass is 604 g/mol. The Morgan fingerprint density at radius 3 is 2.23 bits per heavy atom. The Labute approximate surface area is 251 Å². The van der Waals surface area contributed by atoms with Crippen molar-refractivity contribution in [2.45, 2.75) is 43.5 Å². The molecule has 5 nitrogen and oxygen atoms in total. The average Bonchev–Trinajstić information content (AvgIpc) is 3.01. The highest BCUT2D eigenvalue weighted by molar-refractivity contribution is 5.78. The minimum atomic E-state index is -4.75. The van der Waals surface area contributed by atoms with Gasteiger partial charge in [-0.3, -0.25) is 14.9 Å². The van der Waals surface area contributed by atoms with Gasteiger partial charge < -0.3 is 4.74 Å². The lowest BCUT2D eigenvalue weighted by atomic mass is 9.86. The molecule has 44 heavy (non-hydrogen) atoms. The Morgan fingerprint density at radius 2 is 1.55 bits per heavy atom. The van der Waals surface area contributed by atoms with Crippen LogP contribution in [0.3, 0.4) is 0 Å². The summed E-state index contributed by atoms with van der Waals surface area (Å²) >= 11 is 0. The molecule has 0 N–H and O–H groups in total. The quantitative estimate of drug-likeness (QED) is 0.169. The van der Waals surface area contributed by atoms with Crippen molar-refractivity contribution in [1.29, 1.82) is 0 Å². The van der Waals surface area contributed by atoms with Gasteiger partial charge in [-0.1, -0.05) is 66.7 Å². The van der Waals surface area contributed by atoms with Crippen molar-refractivity contribution in [2.24, 2.45) is 0 Å². The summed E-state index contributed by atoms with van der Waals surface area (Å²) in [5.41, 5.74) is 3.12. The van der Waals surface area contributed by atoms with Crippen LogP contribution < -0.4 is 4.74 Å². The number of aromatic nitrogens is 3. The standard InChI is InChI=1S/C34H29F5N4O/c35-33(36)13-14-43(21-28(33)26-11-12-31(42-19-26)44-22-24-9-5-2-6-10-24)32(34(37,38)39)30-17-29-27(20-41-30)16-25(18-40-29)15-23-7-3-1-4-8-23/h1-12,16-20,28,32H,13-15,21-22H2. The topological polar surface area (TPSA) is 51.1 Å². The molecular formula is C34H29F5N4O. The third kappa shape index (κ3) is 6.70. The van der Waals surface area contributed by atoms with Gasteiger partial charge in [0.05, 0.1) is 17.1 Å². The average molecular weight is 605 g/mol. The second-order valence-corrected chi connectivity index (χ2v) is 11.0. The number of halogens is 5. The van der Waals surface area contributed by atoms with E-state index >= 15 is 8.78 Å². The van der Waals surface area contributed by atoms with Crippen molar-refractivity contribution in [3.8, 4) is 5.88 Å². The second-order valence-electron chi connectivity index (χ2n) is 11.0. The number of hydrogen-bond acceptors (Lipinski definition) is 5. The van der Waals surface area contributed by atoms with Crippen molar-refractivity contribution in [2.75, 3.05) is 13.1 Å². The molecule has 10 heteroatoms. The molecule has 2 aromatic carbocycles. The Hall–Kier alpha value is -4.44. The van der Waals surface area contributed by atoms with Gasteiger partial charge in [-0.05, 0) is 40.8 Å². The van der Waals surface area contributed by atoms with Crippen LogP contribution in [0, 0.1) is 0 Å². The molecule has 2 unspecified atom stereocenters. The normalized spacial score (nSPS) is 17.8. The second kappa shape index (κ2) is 12.3. The van der Waals surface area contributed by atoms with Gasteiger partial charge in [0.2, 0.25) is 5.88 Å². The van der Waals surface area contributed by atoms with Gasteiger partial charge in [0.25, 0.3) is 5.92 Å². The fourth-order valence-electron chi connectivity index (χ4n) is 5.65. The predicted octanol–water partition coefficient (Wildman–Crippen LogP) is 7.92. The maximum atomic E-state index is 15.2. The lowest BCUT2D eigenvalue weighted by Gasteiger charge is -2.42. The Morgan fingerprint density at radius 1 is 0.818 bits per heavy atom. The zero-order valence-corrected chi connectivity index (χ0v) is 23.6. The summed E-state index contributed by atoms with van der Waals surface area (Å²) in [4.78, 5) is 13.8. The maximum absolute atomic E-state index is 15.2. The minimum Gasteiger partial charge on any atom is -0.473 e. The minimum absolute atomic E-state index is 0.145. The first-order chi connectivity index (χ1) is 21.2. The van der Waals surface area contributed by atoms with Crippen molar-refractivity contribution in [3.63, 3.8) is 0 Å². The van der Waals surface area contributed by atoms with Crippen molar-refractivity contribution >= 4 is 10.9 Å². The molecule has 0 amide bonds. The van der Waals surface area contributed by atoms with Gasteiger partial charge in [0.1, 0.15) is 12.6 Å². The summed E-state index contributed by atoms with van der Waals surface area (Å²) in [6.07, 6.45) is -0.590. The first kappa shape index (κ1) is 29.6. The van der Waals surface area contributed by atoms with Crippen LogP contribution in [0.4, 0.5) is 22.0 Å². The van der Waals surface area contributed by atoms with E-state index in [0.717, 1.165) is 21.6 Å². The van der Waals surface area contributed by atoms with Gasteiger partial charge in [0, 0.05) is 49.6 Å². The summed E-state index contributed by atoms with van der Waals surface area (Å²) in [5, 5.41) is 0.604. The summed E-state index contributed by atoms with van der Waals surface area (Å²) in [6, 6.07) is 23.0. The molecule has 0 aliphatic carbocycles. The molecule has 226 valence electrons. The summed E-state index contributed by atoms with van der Waals surface area (Å²) in [5.74, 6) is -4.47. The van der Waals surface area contributed by atoms with Crippen molar-refractivity contribution in [3.05, 3.63) is 131 Å². The number of nitrogens with zero attached hydrogens (tertiary/aromatic N) is 4. The highest BCUT2D eigenvalue weighted by Crippen LogP contribution is 2.46. The number of pyridine rings is 3. The van der Waals surface area contributed by atoms with Crippen LogP contribution in [-0.2, 0) is 13.0 Å². The van der Waals surface area contributed by atoms with Crippen LogP contribution in [0.5, 0.6) is 5.88 Å². The molecule has 4 heterocycles. The highest BCUT2D eigenvalue weighted by atomic mass is 19.4. The molecule has 1 aliphatic heterocycles. The Bertz CT molecular complexity index is 1700. The zero-order valence-electron chi connectivity index (χ0n) is 23.6. The maximum Gasteiger partial charge on any atom is 0.409 e. The van der Waals surface area contributed by atoms with Gasteiger partial charge in [-0.2, -0.15) is 13.2 Å². The zero-order chi connectivity index (χ0) is 30.7. The van der Waals surface area contributed by atoms with Crippen LogP contribution in [0.25, 0.3) is 10.9 Å². The van der Waals surface area contributed by atoms with Gasteiger partial charge in [-0.25, -0.2) is 13.8 Å². The SMILES string of the molecule is FC(F)(F)C(c1cc2ncc(Cc3ccccc3)cc2cn1)N1CCC(F)(F)C(c2ccc(OCc3ccccc3)nc2)C1. The summed E-state index contributed by atoms with van der Waals surface area (Å²) < 4.78 is 79.7. The van der Waals surface area contributed by atoms with E-state index in [1.54, 1.807) is 6.20 Å². The Kier molecular flexibility index (Phi) is 8.27. The summed E-state index contributed by atoms with van der Waals surface area (Å²) in [6.45, 7) is -0.718. The lowest BCUT2D eigenvalue weighted by Crippen LogP contribution is -2.50. The van der Waals surface area contributed by atoms with E-state index in [2.05, 4.69) is 15.0 Å². The predicted molar refractivity (Wildman–Crippen MR) is 156 cm³/mol. The lowest BCUT2D eigenvalue weighted by molar-refractivity contribution is -0.201. The number of fused-ring (bicyclic) bond motifs is 1. The van der Waals surface area contributed by atoms with E-state index in [1.165, 1.54) is 30.6 Å². The largest absolute Gasteiger partial charge is 0.473 e. The molecule has 0 spiro atoms. The number of rotatable bonds is 8. The molecule has 3 aromatic heterocycles. The highest BCUT2D eigenvalue weighted by Gasteiger charge is 2.52. The summed E-state index contributed by atoms with van der Waals surface area (Å²) in [7, 11) is 0. The molecular weight excluding hydrogens is 575 g/mol. The number of alkyl halides is 5. The van der Waals surface area contributed by atoms with E-state index in [1.807, 2.05) is 66.7 Å². The number of benzene rings is 2. The molecule has 0 bridgehead atoms. The smallest absolute Gasteiger partial charge is 0.409 e. The molecule has 5 aromatic rings. The molecule has 2 atom stereocenters. The van der Waals surface area contributed by atoms with E-state index in [4.69, 9.17) is 4.74 Å². The molecule has 6 rings (SSSR count). The third-order valence-electron chi connectivity index (χ3n) is 7.90. The van der Waals surface area contributed by atoms with Gasteiger partial charge in [-0.15, -0.1) is 0 Å². The van der Waals surface area contributed by atoms with Crippen LogP contribution in [-0.4, -0.2) is 45.0 Å². The number of ether oxygens (including phenoxy) is 1. The third-order valence-corrected chi connectivity index (χ3v) is 7.90. The fraction of sp³-hybridized carbons (Fsp3) is 0.265. The number of piperidine rings is 1. The van der Waals surface area contributed by atoms with Gasteiger partial charge in [0.15, 0.2) is 0 Å². The van der Waals surface area contributed by atoms with Crippen LogP contribution in [0.1, 0.15) is 46.3 Å². The fourth-order valence-corrected chi connectivity index (χ4v) is 5.65. The van der Waals surface area contributed by atoms with E-state index in [9.17, 15) is 13.2 Å². The molecule has 1 saturated heterocycles. The van der Waals surface area contributed by atoms with Crippen LogP contribution in [0.15, 0.2) is 104 Å². The molecule has 0 saturated carbocycles. The first-order valence-corrected chi connectivity index (χ1v) is 14.3. The van der Waals surface area contributed by atoms with Crippen LogP contribution in [0.2, 0.25) is 0 Å². The van der Waals surface area contributed by atoms with Crippen molar-refractivity contribution < 1.29 is 26.7 Å². The Balaban J connectivity index is 1.22. The van der Waals surface area contributed by atoms with E-state index in [0.29, 0.717) is 17.3 Å². The van der Waals surface area contributed by atoms with E-state index < -0.39 is 43.6 Å². The molecule has 0 radical (unpaired) electrons. The number of hydrogen-bond donors (Lipinski definition) is 0. The van der Waals surface area contributed by atoms with E-state index in [-0.39, 0.29) is 23.7 Å². The number of likely N-dealkylation sites (tertiary alicyclic amines) is 1. The molecule has 1 fully saturated rings. The molecule has 1 aliphatic rings.